The monoisotopic (exact) mass is 267 g/mol. The van der Waals surface area contributed by atoms with Crippen LogP contribution in [0.15, 0.2) is 35.2 Å². The molecule has 6 nitrogen and oxygen atoms in total. The Bertz CT molecular complexity index is 747. The summed E-state index contributed by atoms with van der Waals surface area (Å²) in [6.07, 6.45) is 0. The Morgan fingerprint density at radius 3 is 2.17 bits per heavy atom. The molecule has 0 saturated heterocycles. The molecule has 0 aromatic heterocycles. The molecule has 7 heteroatoms. The summed E-state index contributed by atoms with van der Waals surface area (Å²) in [7, 11) is -4.60. The number of carboxylic acid groups (broad SMARTS) is 1. The van der Waals surface area contributed by atoms with Crippen molar-refractivity contribution in [2.45, 2.75) is 4.90 Å². The number of rotatable bonds is 2. The van der Waals surface area contributed by atoms with E-state index in [9.17, 15) is 18.3 Å². The quantitative estimate of drug-likeness (QED) is 0.807. The molecule has 0 aliphatic rings. The van der Waals surface area contributed by atoms with Crippen LogP contribution in [0.5, 0.6) is 5.75 Å². The van der Waals surface area contributed by atoms with Gasteiger partial charge in [0.2, 0.25) is 5.75 Å². The number of fused-ring (bicyclic) bond motifs is 1. The number of carbonyl (C=O) groups is 1. The van der Waals surface area contributed by atoms with Gasteiger partial charge in [-0.3, -0.25) is 9.66 Å². The van der Waals surface area contributed by atoms with Crippen LogP contribution in [0, 0.1) is 0 Å². The number of benzene rings is 2. The second kappa shape index (κ2) is 3.97. The predicted octanol–water partition coefficient (Wildman–Crippen LogP) is 1.93. The van der Waals surface area contributed by atoms with E-state index in [1.54, 1.807) is 0 Å². The molecule has 2 rings (SSSR count). The normalized spacial score (nSPS) is 11.6. The molecule has 0 bridgehead atoms. The maximum atomic E-state index is 11.8. The summed E-state index contributed by atoms with van der Waals surface area (Å²) in [5.74, 6) is -2.33. The minimum absolute atomic E-state index is 0.00463. The van der Waals surface area contributed by atoms with Crippen LogP contribution in [0.1, 0.15) is 10.4 Å². The molecular weight excluding hydrogens is 260 g/mol. The SMILES string of the molecule is [O]c1c(C(=O)O)cc(S(=O)(=O)O)c2ccccc12. The van der Waals surface area contributed by atoms with E-state index < -0.39 is 32.3 Å². The minimum Gasteiger partial charge on any atom is -0.478 e. The van der Waals surface area contributed by atoms with Crippen LogP contribution < -0.4 is 0 Å². The van der Waals surface area contributed by atoms with Crippen molar-refractivity contribution in [3.63, 3.8) is 0 Å². The average Bonchev–Trinajstić information content (AvgIpc) is 2.27. The van der Waals surface area contributed by atoms with E-state index in [2.05, 4.69) is 0 Å². The topological polar surface area (TPSA) is 112 Å². The van der Waals surface area contributed by atoms with Gasteiger partial charge in [-0.05, 0) is 6.07 Å². The third-order valence-corrected chi connectivity index (χ3v) is 3.36. The summed E-state index contributed by atoms with van der Waals surface area (Å²) in [6.45, 7) is 0. The second-order valence-electron chi connectivity index (χ2n) is 3.58. The fraction of sp³-hybridized carbons (Fsp3) is 0. The summed E-state index contributed by atoms with van der Waals surface area (Å²) in [4.78, 5) is 10.3. The van der Waals surface area contributed by atoms with Crippen LogP contribution in [-0.2, 0) is 15.2 Å². The lowest BCUT2D eigenvalue weighted by molar-refractivity contribution is 0.0692. The predicted molar refractivity (Wildman–Crippen MR) is 60.9 cm³/mol. The zero-order valence-corrected chi connectivity index (χ0v) is 9.64. The van der Waals surface area contributed by atoms with Gasteiger partial charge in [-0.15, -0.1) is 0 Å². The van der Waals surface area contributed by atoms with Gasteiger partial charge in [0.25, 0.3) is 10.1 Å². The molecule has 0 saturated carbocycles. The van der Waals surface area contributed by atoms with Crippen molar-refractivity contribution in [2.75, 3.05) is 0 Å². The molecule has 0 fully saturated rings. The fourth-order valence-corrected chi connectivity index (χ4v) is 2.41. The first-order chi connectivity index (χ1) is 8.32. The molecule has 0 aliphatic heterocycles. The number of hydrogen-bond acceptors (Lipinski definition) is 3. The van der Waals surface area contributed by atoms with Crippen molar-refractivity contribution in [1.29, 1.82) is 0 Å². The molecule has 1 radical (unpaired) electrons. The van der Waals surface area contributed by atoms with Crippen molar-refractivity contribution in [3.8, 4) is 5.75 Å². The Balaban J connectivity index is 3.03. The van der Waals surface area contributed by atoms with Gasteiger partial charge in [-0.1, -0.05) is 24.3 Å². The summed E-state index contributed by atoms with van der Waals surface area (Å²) in [6, 6.07) is 6.26. The van der Waals surface area contributed by atoms with E-state index in [1.165, 1.54) is 24.3 Å². The van der Waals surface area contributed by atoms with Gasteiger partial charge in [0.05, 0.1) is 0 Å². The molecule has 0 unspecified atom stereocenters. The Hall–Kier alpha value is -2.12. The van der Waals surface area contributed by atoms with Gasteiger partial charge >= 0.3 is 5.97 Å². The molecule has 0 amide bonds. The van der Waals surface area contributed by atoms with Gasteiger partial charge in [0.15, 0.2) is 0 Å². The van der Waals surface area contributed by atoms with Gasteiger partial charge in [0, 0.05) is 10.8 Å². The number of carboxylic acids is 1. The minimum atomic E-state index is -4.60. The largest absolute Gasteiger partial charge is 0.478 e. The highest BCUT2D eigenvalue weighted by Crippen LogP contribution is 2.34. The Labute approximate surface area is 102 Å². The lowest BCUT2D eigenvalue weighted by Crippen LogP contribution is -2.04. The molecule has 2 N–H and O–H groups in total. The lowest BCUT2D eigenvalue weighted by Gasteiger charge is -2.07. The molecule has 2 aromatic carbocycles. The zero-order valence-electron chi connectivity index (χ0n) is 8.82. The second-order valence-corrected chi connectivity index (χ2v) is 4.97. The molecule has 0 aliphatic carbocycles. The molecule has 2 aromatic rings. The van der Waals surface area contributed by atoms with Crippen molar-refractivity contribution in [3.05, 3.63) is 35.9 Å². The van der Waals surface area contributed by atoms with E-state index in [0.29, 0.717) is 6.07 Å². The van der Waals surface area contributed by atoms with Gasteiger partial charge in [-0.25, -0.2) is 4.79 Å². The molecule has 0 heterocycles. The van der Waals surface area contributed by atoms with E-state index in [1.807, 2.05) is 0 Å². The molecule has 0 spiro atoms. The number of aromatic carboxylic acids is 1. The smallest absolute Gasteiger partial charge is 0.339 e. The van der Waals surface area contributed by atoms with Crippen LogP contribution in [0.25, 0.3) is 10.8 Å². The van der Waals surface area contributed by atoms with Gasteiger partial charge in [0.1, 0.15) is 10.5 Å². The summed E-state index contributed by atoms with van der Waals surface area (Å²) in [5, 5.41) is 20.6. The summed E-state index contributed by atoms with van der Waals surface area (Å²) in [5.41, 5.74) is -0.693. The van der Waals surface area contributed by atoms with Gasteiger partial charge in [-0.2, -0.15) is 8.42 Å². The van der Waals surface area contributed by atoms with Crippen LogP contribution in [0.3, 0.4) is 0 Å². The summed E-state index contributed by atoms with van der Waals surface area (Å²) < 4.78 is 31.4. The highest BCUT2D eigenvalue weighted by atomic mass is 32.2. The summed E-state index contributed by atoms with van der Waals surface area (Å²) >= 11 is 0. The molecular formula is C11H7O6S. The first kappa shape index (κ1) is 12.3. The fourth-order valence-electron chi connectivity index (χ4n) is 1.69. The van der Waals surface area contributed by atoms with E-state index >= 15 is 0 Å². The van der Waals surface area contributed by atoms with Crippen molar-refractivity contribution < 1.29 is 28.0 Å². The molecule has 93 valence electrons. The van der Waals surface area contributed by atoms with E-state index in [0.717, 1.165) is 0 Å². The third kappa shape index (κ3) is 1.89. The third-order valence-electron chi connectivity index (χ3n) is 2.47. The Morgan fingerprint density at radius 1 is 1.11 bits per heavy atom. The van der Waals surface area contributed by atoms with Crippen LogP contribution >= 0.6 is 0 Å². The first-order valence-corrected chi connectivity index (χ1v) is 6.20. The van der Waals surface area contributed by atoms with Gasteiger partial charge < -0.3 is 5.11 Å². The maximum Gasteiger partial charge on any atom is 0.339 e. The van der Waals surface area contributed by atoms with Crippen molar-refractivity contribution in [1.82, 2.24) is 0 Å². The standard InChI is InChI=1S/C11H7O6S/c12-10-7-4-2-1-3-6(7)9(18(15,16)17)5-8(10)11(13)14/h1-5H,(H,13,14)(H,15,16,17). The molecule has 0 atom stereocenters. The number of hydrogen-bond donors (Lipinski definition) is 2. The van der Waals surface area contributed by atoms with Crippen molar-refractivity contribution in [2.24, 2.45) is 0 Å². The van der Waals surface area contributed by atoms with Crippen LogP contribution in [-0.4, -0.2) is 24.0 Å². The Morgan fingerprint density at radius 2 is 1.67 bits per heavy atom. The van der Waals surface area contributed by atoms with Crippen molar-refractivity contribution >= 4 is 26.9 Å². The Kier molecular flexibility index (Phi) is 2.72. The van der Waals surface area contributed by atoms with E-state index in [-0.39, 0.29) is 10.8 Å². The van der Waals surface area contributed by atoms with Crippen LogP contribution in [0.4, 0.5) is 0 Å². The highest BCUT2D eigenvalue weighted by Gasteiger charge is 2.23. The lowest BCUT2D eigenvalue weighted by atomic mass is 10.1. The average molecular weight is 267 g/mol. The first-order valence-electron chi connectivity index (χ1n) is 4.76. The molecule has 18 heavy (non-hydrogen) atoms. The zero-order chi connectivity index (χ0) is 13.5. The highest BCUT2D eigenvalue weighted by molar-refractivity contribution is 7.86. The maximum absolute atomic E-state index is 11.8. The van der Waals surface area contributed by atoms with E-state index in [4.69, 9.17) is 9.66 Å². The van der Waals surface area contributed by atoms with Crippen LogP contribution in [0.2, 0.25) is 0 Å².